The van der Waals surface area contributed by atoms with Crippen LogP contribution < -0.4 is 10.0 Å². The first-order valence-corrected chi connectivity index (χ1v) is 7.89. The standard InChI is InChI=1S/C11H17BrN2O2S/c1-13-8-2-3-9-17(15,16)14-11-6-4-10(12)5-7-11/h4-7,13-14H,2-3,8-9H2,1H3. The van der Waals surface area contributed by atoms with Crippen molar-refractivity contribution in [3.63, 3.8) is 0 Å². The highest BCUT2D eigenvalue weighted by Gasteiger charge is 2.09. The van der Waals surface area contributed by atoms with Crippen molar-refractivity contribution in [2.75, 3.05) is 24.1 Å². The normalized spacial score (nSPS) is 11.4. The number of halogens is 1. The van der Waals surface area contributed by atoms with Gasteiger partial charge in [-0.1, -0.05) is 15.9 Å². The number of sulfonamides is 1. The molecule has 6 heteroatoms. The predicted molar refractivity (Wildman–Crippen MR) is 74.7 cm³/mol. The molecule has 1 aromatic rings. The molecule has 1 aromatic carbocycles. The molecule has 0 aliphatic heterocycles. The van der Waals surface area contributed by atoms with Crippen LogP contribution >= 0.6 is 15.9 Å². The molecule has 0 fully saturated rings. The topological polar surface area (TPSA) is 58.2 Å². The zero-order valence-electron chi connectivity index (χ0n) is 9.74. The fourth-order valence-corrected chi connectivity index (χ4v) is 2.79. The molecule has 0 aliphatic carbocycles. The van der Waals surface area contributed by atoms with Gasteiger partial charge in [0.05, 0.1) is 5.75 Å². The van der Waals surface area contributed by atoms with Crippen LogP contribution in [0.3, 0.4) is 0 Å². The molecule has 17 heavy (non-hydrogen) atoms. The molecule has 0 heterocycles. The molecule has 2 N–H and O–H groups in total. The largest absolute Gasteiger partial charge is 0.320 e. The molecule has 0 saturated heterocycles. The van der Waals surface area contributed by atoms with Crippen LogP contribution in [0.2, 0.25) is 0 Å². The Balaban J connectivity index is 2.46. The SMILES string of the molecule is CNCCCCS(=O)(=O)Nc1ccc(Br)cc1. The van der Waals surface area contributed by atoms with Gasteiger partial charge in [0.25, 0.3) is 0 Å². The molecular formula is C11H17BrN2O2S. The highest BCUT2D eigenvalue weighted by Crippen LogP contribution is 2.15. The minimum atomic E-state index is -3.22. The van der Waals surface area contributed by atoms with Crippen molar-refractivity contribution >= 4 is 31.6 Å². The van der Waals surface area contributed by atoms with Crippen molar-refractivity contribution in [3.05, 3.63) is 28.7 Å². The number of unbranched alkanes of at least 4 members (excludes halogenated alkanes) is 1. The molecule has 0 unspecified atom stereocenters. The highest BCUT2D eigenvalue weighted by atomic mass is 79.9. The minimum Gasteiger partial charge on any atom is -0.320 e. The van der Waals surface area contributed by atoms with E-state index < -0.39 is 10.0 Å². The van der Waals surface area contributed by atoms with Gasteiger partial charge in [-0.05, 0) is 50.7 Å². The molecule has 0 atom stereocenters. The van der Waals surface area contributed by atoms with Gasteiger partial charge in [-0.25, -0.2) is 8.42 Å². The molecule has 0 aliphatic rings. The third-order valence-electron chi connectivity index (χ3n) is 2.21. The summed E-state index contributed by atoms with van der Waals surface area (Å²) in [6.45, 7) is 0.841. The fraction of sp³-hybridized carbons (Fsp3) is 0.455. The van der Waals surface area contributed by atoms with Crippen LogP contribution in [-0.2, 0) is 10.0 Å². The zero-order valence-corrected chi connectivity index (χ0v) is 12.1. The number of anilines is 1. The average Bonchev–Trinajstić information content (AvgIpc) is 2.27. The molecule has 0 saturated carbocycles. The summed E-state index contributed by atoms with van der Waals surface area (Å²) in [5, 5.41) is 2.99. The fourth-order valence-electron chi connectivity index (χ4n) is 1.34. The summed E-state index contributed by atoms with van der Waals surface area (Å²) in [4.78, 5) is 0. The Bertz CT molecular complexity index is 431. The van der Waals surface area contributed by atoms with E-state index in [0.29, 0.717) is 12.1 Å². The van der Waals surface area contributed by atoms with Crippen LogP contribution in [0, 0.1) is 0 Å². The number of hydrogen-bond donors (Lipinski definition) is 2. The van der Waals surface area contributed by atoms with Gasteiger partial charge in [-0.15, -0.1) is 0 Å². The first-order valence-electron chi connectivity index (χ1n) is 5.44. The number of benzene rings is 1. The van der Waals surface area contributed by atoms with E-state index >= 15 is 0 Å². The van der Waals surface area contributed by atoms with Gasteiger partial charge >= 0.3 is 0 Å². The van der Waals surface area contributed by atoms with Crippen LogP contribution in [0.25, 0.3) is 0 Å². The zero-order chi connectivity index (χ0) is 12.7. The van der Waals surface area contributed by atoms with E-state index in [1.807, 2.05) is 7.05 Å². The molecular weight excluding hydrogens is 304 g/mol. The van der Waals surface area contributed by atoms with Crippen molar-refractivity contribution in [1.82, 2.24) is 5.32 Å². The molecule has 0 aromatic heterocycles. The van der Waals surface area contributed by atoms with E-state index in [1.54, 1.807) is 24.3 Å². The minimum absolute atomic E-state index is 0.157. The summed E-state index contributed by atoms with van der Waals surface area (Å²) in [6, 6.07) is 7.07. The molecule has 96 valence electrons. The van der Waals surface area contributed by atoms with Crippen LogP contribution in [0.1, 0.15) is 12.8 Å². The van der Waals surface area contributed by atoms with E-state index in [0.717, 1.165) is 17.4 Å². The van der Waals surface area contributed by atoms with Gasteiger partial charge in [0, 0.05) is 10.2 Å². The second-order valence-corrected chi connectivity index (χ2v) is 6.50. The Labute approximate surface area is 111 Å². The van der Waals surface area contributed by atoms with E-state index in [2.05, 4.69) is 26.0 Å². The van der Waals surface area contributed by atoms with E-state index in [9.17, 15) is 8.42 Å². The lowest BCUT2D eigenvalue weighted by Gasteiger charge is -2.07. The van der Waals surface area contributed by atoms with Crippen molar-refractivity contribution in [2.24, 2.45) is 0 Å². The molecule has 0 spiro atoms. The van der Waals surface area contributed by atoms with Gasteiger partial charge in [0.2, 0.25) is 10.0 Å². The van der Waals surface area contributed by atoms with Gasteiger partial charge in [-0.2, -0.15) is 0 Å². The Kier molecular flexibility index (Phi) is 5.94. The average molecular weight is 321 g/mol. The maximum atomic E-state index is 11.7. The van der Waals surface area contributed by atoms with Gasteiger partial charge < -0.3 is 5.32 Å². The Morgan fingerprint density at radius 3 is 2.41 bits per heavy atom. The second-order valence-electron chi connectivity index (χ2n) is 3.74. The lowest BCUT2D eigenvalue weighted by atomic mass is 10.3. The third-order valence-corrected chi connectivity index (χ3v) is 4.11. The predicted octanol–water partition coefficient (Wildman–Crippen LogP) is 2.19. The molecule has 1 rings (SSSR count). The molecule has 0 bridgehead atoms. The lowest BCUT2D eigenvalue weighted by Crippen LogP contribution is -2.18. The molecule has 0 amide bonds. The van der Waals surface area contributed by atoms with Crippen molar-refractivity contribution in [3.8, 4) is 0 Å². The molecule has 4 nitrogen and oxygen atoms in total. The quantitative estimate of drug-likeness (QED) is 0.757. The highest BCUT2D eigenvalue weighted by molar-refractivity contribution is 9.10. The summed E-state index contributed by atoms with van der Waals surface area (Å²) in [5.41, 5.74) is 0.599. The van der Waals surface area contributed by atoms with E-state index in [4.69, 9.17) is 0 Å². The van der Waals surface area contributed by atoms with E-state index in [-0.39, 0.29) is 5.75 Å². The van der Waals surface area contributed by atoms with Crippen molar-refractivity contribution in [1.29, 1.82) is 0 Å². The first-order chi connectivity index (χ1) is 8.03. The second kappa shape index (κ2) is 6.98. The van der Waals surface area contributed by atoms with Gasteiger partial charge in [-0.3, -0.25) is 4.72 Å². The monoisotopic (exact) mass is 320 g/mol. The van der Waals surface area contributed by atoms with Crippen LogP contribution in [0.4, 0.5) is 5.69 Å². The Morgan fingerprint density at radius 1 is 1.18 bits per heavy atom. The summed E-state index contributed by atoms with van der Waals surface area (Å²) in [7, 11) is -1.37. The Morgan fingerprint density at radius 2 is 1.82 bits per heavy atom. The smallest absolute Gasteiger partial charge is 0.232 e. The summed E-state index contributed by atoms with van der Waals surface area (Å²) < 4.78 is 26.9. The summed E-state index contributed by atoms with van der Waals surface area (Å²) >= 11 is 3.30. The van der Waals surface area contributed by atoms with Crippen molar-refractivity contribution in [2.45, 2.75) is 12.8 Å². The number of rotatable bonds is 7. The number of hydrogen-bond acceptors (Lipinski definition) is 3. The maximum Gasteiger partial charge on any atom is 0.232 e. The third kappa shape index (κ3) is 6.05. The van der Waals surface area contributed by atoms with E-state index in [1.165, 1.54) is 0 Å². The maximum absolute atomic E-state index is 11.7. The van der Waals surface area contributed by atoms with Gasteiger partial charge in [0.15, 0.2) is 0 Å². The Hall–Kier alpha value is -0.590. The molecule has 0 radical (unpaired) electrons. The van der Waals surface area contributed by atoms with Crippen LogP contribution in [0.5, 0.6) is 0 Å². The first kappa shape index (κ1) is 14.5. The van der Waals surface area contributed by atoms with Crippen LogP contribution in [0.15, 0.2) is 28.7 Å². The summed E-state index contributed by atoms with van der Waals surface area (Å²) in [5.74, 6) is 0.157. The lowest BCUT2D eigenvalue weighted by molar-refractivity contribution is 0.595. The van der Waals surface area contributed by atoms with Gasteiger partial charge in [0.1, 0.15) is 0 Å². The van der Waals surface area contributed by atoms with Crippen molar-refractivity contribution < 1.29 is 8.42 Å². The summed E-state index contributed by atoms with van der Waals surface area (Å²) in [6.07, 6.45) is 1.52. The number of nitrogens with one attached hydrogen (secondary N) is 2. The van der Waals surface area contributed by atoms with Crippen LogP contribution in [-0.4, -0.2) is 27.8 Å².